The van der Waals surface area contributed by atoms with E-state index in [9.17, 15) is 4.79 Å². The lowest BCUT2D eigenvalue weighted by molar-refractivity contribution is -0.144. The van der Waals surface area contributed by atoms with E-state index in [1.807, 2.05) is 0 Å². The quantitative estimate of drug-likeness (QED) is 0.631. The fraction of sp³-hybridized carbons (Fsp3) is 0.923. The van der Waals surface area contributed by atoms with Crippen molar-refractivity contribution in [2.45, 2.75) is 53.9 Å². The zero-order valence-corrected chi connectivity index (χ0v) is 11.1. The van der Waals surface area contributed by atoms with E-state index >= 15 is 0 Å². The zero-order chi connectivity index (χ0) is 12.1. The molecule has 2 nitrogen and oxygen atoms in total. The van der Waals surface area contributed by atoms with Crippen LogP contribution in [0, 0.1) is 17.3 Å². The highest BCUT2D eigenvalue weighted by molar-refractivity contribution is 5.70. The minimum Gasteiger partial charge on any atom is -0.469 e. The van der Waals surface area contributed by atoms with Crippen LogP contribution in [-0.4, -0.2) is 13.1 Å². The van der Waals surface area contributed by atoms with E-state index in [4.69, 9.17) is 4.74 Å². The van der Waals surface area contributed by atoms with Gasteiger partial charge in [0.1, 0.15) is 0 Å². The van der Waals surface area contributed by atoms with E-state index in [0.717, 1.165) is 6.42 Å². The average Bonchev–Trinajstić information content (AvgIpc) is 2.16. The lowest BCUT2D eigenvalue weighted by atomic mass is 9.70. The first-order valence-electron chi connectivity index (χ1n) is 5.92. The third kappa shape index (κ3) is 4.67. The molecular formula is C13H26O2. The average molecular weight is 214 g/mol. The number of ether oxygens (including phenoxy) is 1. The Morgan fingerprint density at radius 1 is 1.33 bits per heavy atom. The normalized spacial score (nSPS) is 17.3. The SMILES string of the molecule is CCC(C)CC(C)(CC(=O)OC)C(C)C. The van der Waals surface area contributed by atoms with Gasteiger partial charge in [-0.1, -0.05) is 41.0 Å². The molecule has 2 unspecified atom stereocenters. The van der Waals surface area contributed by atoms with Crippen LogP contribution < -0.4 is 0 Å². The van der Waals surface area contributed by atoms with Gasteiger partial charge in [0.15, 0.2) is 0 Å². The van der Waals surface area contributed by atoms with Gasteiger partial charge in [0.25, 0.3) is 0 Å². The Kier molecular flexibility index (Phi) is 5.92. The molecule has 0 saturated carbocycles. The van der Waals surface area contributed by atoms with Gasteiger partial charge in [-0.05, 0) is 23.7 Å². The van der Waals surface area contributed by atoms with Crippen LogP contribution in [0.2, 0.25) is 0 Å². The third-order valence-electron chi connectivity index (χ3n) is 3.68. The molecule has 0 saturated heterocycles. The van der Waals surface area contributed by atoms with Gasteiger partial charge in [-0.25, -0.2) is 0 Å². The Morgan fingerprint density at radius 3 is 2.20 bits per heavy atom. The molecule has 0 aliphatic rings. The van der Waals surface area contributed by atoms with E-state index < -0.39 is 0 Å². The highest BCUT2D eigenvalue weighted by Gasteiger charge is 2.32. The Balaban J connectivity index is 4.52. The molecule has 0 aliphatic carbocycles. The van der Waals surface area contributed by atoms with Crippen LogP contribution in [-0.2, 0) is 9.53 Å². The maximum absolute atomic E-state index is 11.4. The number of hydrogen-bond donors (Lipinski definition) is 0. The molecule has 15 heavy (non-hydrogen) atoms. The molecule has 0 heterocycles. The van der Waals surface area contributed by atoms with Gasteiger partial charge < -0.3 is 4.74 Å². The van der Waals surface area contributed by atoms with Crippen molar-refractivity contribution in [1.29, 1.82) is 0 Å². The molecule has 0 N–H and O–H groups in total. The summed E-state index contributed by atoms with van der Waals surface area (Å²) in [5, 5.41) is 0. The summed E-state index contributed by atoms with van der Waals surface area (Å²) in [4.78, 5) is 11.4. The monoisotopic (exact) mass is 214 g/mol. The van der Waals surface area contributed by atoms with Gasteiger partial charge in [-0.15, -0.1) is 0 Å². The van der Waals surface area contributed by atoms with Crippen molar-refractivity contribution in [2.75, 3.05) is 7.11 Å². The number of esters is 1. The van der Waals surface area contributed by atoms with Gasteiger partial charge >= 0.3 is 5.97 Å². The smallest absolute Gasteiger partial charge is 0.306 e. The molecule has 0 amide bonds. The van der Waals surface area contributed by atoms with Crippen molar-refractivity contribution in [3.63, 3.8) is 0 Å². The van der Waals surface area contributed by atoms with Crippen LogP contribution in [0.1, 0.15) is 53.9 Å². The molecule has 2 heteroatoms. The van der Waals surface area contributed by atoms with Crippen molar-refractivity contribution in [3.8, 4) is 0 Å². The van der Waals surface area contributed by atoms with Crippen molar-refractivity contribution in [3.05, 3.63) is 0 Å². The largest absolute Gasteiger partial charge is 0.469 e. The molecule has 2 atom stereocenters. The van der Waals surface area contributed by atoms with Gasteiger partial charge in [0.05, 0.1) is 13.5 Å². The maximum Gasteiger partial charge on any atom is 0.306 e. The second kappa shape index (κ2) is 6.14. The fourth-order valence-corrected chi connectivity index (χ4v) is 1.85. The Bertz CT molecular complexity index is 199. The van der Waals surface area contributed by atoms with Crippen LogP contribution in [0.4, 0.5) is 0 Å². The first kappa shape index (κ1) is 14.5. The highest BCUT2D eigenvalue weighted by atomic mass is 16.5. The summed E-state index contributed by atoms with van der Waals surface area (Å²) in [6, 6.07) is 0. The summed E-state index contributed by atoms with van der Waals surface area (Å²) in [7, 11) is 1.46. The number of carbonyl (C=O) groups excluding carboxylic acids is 1. The number of methoxy groups -OCH3 is 1. The minimum absolute atomic E-state index is 0.0719. The molecule has 0 aromatic rings. The summed E-state index contributed by atoms with van der Waals surface area (Å²) in [6.07, 6.45) is 2.80. The molecule has 0 radical (unpaired) electrons. The van der Waals surface area contributed by atoms with Crippen molar-refractivity contribution >= 4 is 5.97 Å². The molecule has 0 fully saturated rings. The summed E-state index contributed by atoms with van der Waals surface area (Å²) in [5.74, 6) is 1.09. The van der Waals surface area contributed by atoms with E-state index in [0.29, 0.717) is 18.3 Å². The van der Waals surface area contributed by atoms with Crippen LogP contribution in [0.3, 0.4) is 0 Å². The Labute approximate surface area is 94.4 Å². The molecule has 0 rings (SSSR count). The lowest BCUT2D eigenvalue weighted by Crippen LogP contribution is -2.29. The Morgan fingerprint density at radius 2 is 1.87 bits per heavy atom. The van der Waals surface area contributed by atoms with E-state index in [-0.39, 0.29) is 11.4 Å². The highest BCUT2D eigenvalue weighted by Crippen LogP contribution is 2.38. The van der Waals surface area contributed by atoms with Gasteiger partial charge in [-0.3, -0.25) is 4.79 Å². The summed E-state index contributed by atoms with van der Waals surface area (Å²) < 4.78 is 4.77. The van der Waals surface area contributed by atoms with Gasteiger partial charge in [0.2, 0.25) is 0 Å². The number of hydrogen-bond acceptors (Lipinski definition) is 2. The molecule has 0 aromatic heterocycles. The second-order valence-corrected chi connectivity index (χ2v) is 5.28. The minimum atomic E-state index is -0.0884. The van der Waals surface area contributed by atoms with E-state index in [1.54, 1.807) is 0 Å². The van der Waals surface area contributed by atoms with Gasteiger partial charge in [0, 0.05) is 0 Å². The van der Waals surface area contributed by atoms with Crippen molar-refractivity contribution < 1.29 is 9.53 Å². The molecule has 0 bridgehead atoms. The van der Waals surface area contributed by atoms with Crippen LogP contribution in [0.15, 0.2) is 0 Å². The van der Waals surface area contributed by atoms with E-state index in [1.165, 1.54) is 13.5 Å². The maximum atomic E-state index is 11.4. The molecular weight excluding hydrogens is 188 g/mol. The Hall–Kier alpha value is -0.530. The lowest BCUT2D eigenvalue weighted by Gasteiger charge is -2.35. The third-order valence-corrected chi connectivity index (χ3v) is 3.68. The standard InChI is InChI=1S/C13H26O2/c1-7-11(4)8-13(5,10(2)3)9-12(14)15-6/h10-11H,7-9H2,1-6H3. The number of rotatable bonds is 6. The van der Waals surface area contributed by atoms with Crippen molar-refractivity contribution in [2.24, 2.45) is 17.3 Å². The molecule has 0 aliphatic heterocycles. The van der Waals surface area contributed by atoms with E-state index in [2.05, 4.69) is 34.6 Å². The molecule has 0 spiro atoms. The van der Waals surface area contributed by atoms with Gasteiger partial charge in [-0.2, -0.15) is 0 Å². The van der Waals surface area contributed by atoms with Crippen LogP contribution >= 0.6 is 0 Å². The van der Waals surface area contributed by atoms with Crippen LogP contribution in [0.25, 0.3) is 0 Å². The first-order chi connectivity index (χ1) is 6.85. The molecule has 90 valence electrons. The number of carbonyl (C=O) groups is 1. The molecule has 0 aromatic carbocycles. The second-order valence-electron chi connectivity index (χ2n) is 5.28. The predicted molar refractivity (Wildman–Crippen MR) is 63.7 cm³/mol. The summed E-state index contributed by atoms with van der Waals surface area (Å²) in [5.41, 5.74) is 0.0719. The predicted octanol–water partition coefficient (Wildman–Crippen LogP) is 3.65. The summed E-state index contributed by atoms with van der Waals surface area (Å²) >= 11 is 0. The summed E-state index contributed by atoms with van der Waals surface area (Å²) in [6.45, 7) is 11.0. The topological polar surface area (TPSA) is 26.3 Å². The van der Waals surface area contributed by atoms with Crippen LogP contribution in [0.5, 0.6) is 0 Å². The fourth-order valence-electron chi connectivity index (χ4n) is 1.85. The zero-order valence-electron chi connectivity index (χ0n) is 11.1. The first-order valence-corrected chi connectivity index (χ1v) is 5.92. The van der Waals surface area contributed by atoms with Crippen molar-refractivity contribution in [1.82, 2.24) is 0 Å².